The molecule has 2 heterocycles. The van der Waals surface area contributed by atoms with Gasteiger partial charge < -0.3 is 9.90 Å². The standard InChI is InChI=1S/C32H38GeN4O5/c1-33(2)28-14-21(36(3)4)8-11-25(28)32(26-12-9-22(37(5)6)15-29(26)33)27-13-20(7-10-24(27)31(41)42-32)16-34-18-30(40)35-17-23(39)19-38/h7-15,19,23,34,39H,16-18H2,1-6H3,(H,35,40). The normalized spacial score (nSPS) is 16.1. The van der Waals surface area contributed by atoms with Crippen molar-refractivity contribution in [2.24, 2.45) is 0 Å². The van der Waals surface area contributed by atoms with Crippen LogP contribution >= 0.6 is 0 Å². The molecule has 5 rings (SSSR count). The number of carbonyl (C=O) groups is 3. The van der Waals surface area contributed by atoms with Gasteiger partial charge in [-0.25, -0.2) is 0 Å². The average Bonchev–Trinajstić information content (AvgIpc) is 3.26. The number of hydrogen-bond acceptors (Lipinski definition) is 8. The number of carbonyl (C=O) groups excluding carboxylic acids is 3. The third-order valence-corrected chi connectivity index (χ3v) is 15.7. The van der Waals surface area contributed by atoms with E-state index in [0.29, 0.717) is 18.4 Å². The van der Waals surface area contributed by atoms with Crippen LogP contribution in [0.3, 0.4) is 0 Å². The fourth-order valence-corrected chi connectivity index (χ4v) is 12.7. The van der Waals surface area contributed by atoms with Gasteiger partial charge in [-0.2, -0.15) is 0 Å². The van der Waals surface area contributed by atoms with Gasteiger partial charge in [0.05, 0.1) is 0 Å². The van der Waals surface area contributed by atoms with Crippen molar-refractivity contribution in [3.8, 4) is 0 Å². The molecule has 1 unspecified atom stereocenters. The third-order valence-electron chi connectivity index (χ3n) is 8.35. The number of anilines is 2. The second kappa shape index (κ2) is 11.2. The summed E-state index contributed by atoms with van der Waals surface area (Å²) in [6.45, 7) is 0.260. The first-order chi connectivity index (χ1) is 19.9. The van der Waals surface area contributed by atoms with Gasteiger partial charge in [-0.05, 0) is 0 Å². The van der Waals surface area contributed by atoms with Crippen molar-refractivity contribution in [1.82, 2.24) is 10.6 Å². The van der Waals surface area contributed by atoms with Crippen LogP contribution in [0.2, 0.25) is 11.5 Å². The molecule has 0 saturated heterocycles. The Balaban J connectivity index is 1.60. The number of aldehydes is 1. The Kier molecular flexibility index (Phi) is 7.95. The molecule has 9 nitrogen and oxygen atoms in total. The van der Waals surface area contributed by atoms with Crippen molar-refractivity contribution in [2.75, 3.05) is 51.1 Å². The average molecular weight is 631 g/mol. The molecule has 220 valence electrons. The molecule has 2 aliphatic rings. The molecule has 1 spiro atoms. The van der Waals surface area contributed by atoms with E-state index in [-0.39, 0.29) is 25.0 Å². The fraction of sp³-hybridized carbons (Fsp3) is 0.344. The Morgan fingerprint density at radius 3 is 2.10 bits per heavy atom. The van der Waals surface area contributed by atoms with Gasteiger partial charge in [0.15, 0.2) is 0 Å². The number of amides is 1. The fourth-order valence-electron chi connectivity index (χ4n) is 6.03. The summed E-state index contributed by atoms with van der Waals surface area (Å²) in [4.78, 5) is 40.4. The Morgan fingerprint density at radius 1 is 0.952 bits per heavy atom. The van der Waals surface area contributed by atoms with Gasteiger partial charge >= 0.3 is 227 Å². The van der Waals surface area contributed by atoms with E-state index in [1.165, 1.54) is 8.79 Å². The van der Waals surface area contributed by atoms with Gasteiger partial charge in [-0.15, -0.1) is 0 Å². The number of hydrogen-bond donors (Lipinski definition) is 3. The number of rotatable bonds is 9. The van der Waals surface area contributed by atoms with Crippen molar-refractivity contribution in [3.05, 3.63) is 82.4 Å². The van der Waals surface area contributed by atoms with Gasteiger partial charge in [-0.1, -0.05) is 0 Å². The Hall–Kier alpha value is -3.67. The first-order valence-electron chi connectivity index (χ1n) is 14.0. The molecule has 0 radical (unpaired) electrons. The number of nitrogens with one attached hydrogen (secondary N) is 2. The van der Waals surface area contributed by atoms with Crippen LogP contribution in [-0.2, 0) is 26.5 Å². The minimum atomic E-state index is -2.88. The van der Waals surface area contributed by atoms with E-state index in [1.54, 1.807) is 0 Å². The number of fused-ring (bicyclic) bond motifs is 6. The van der Waals surface area contributed by atoms with E-state index < -0.39 is 25.0 Å². The quantitative estimate of drug-likeness (QED) is 0.184. The van der Waals surface area contributed by atoms with Crippen LogP contribution in [0.4, 0.5) is 11.4 Å². The Morgan fingerprint density at radius 2 is 1.55 bits per heavy atom. The van der Waals surface area contributed by atoms with E-state index in [0.717, 1.165) is 33.6 Å². The first-order valence-corrected chi connectivity index (χ1v) is 20.3. The van der Waals surface area contributed by atoms with E-state index in [1.807, 2.05) is 46.4 Å². The summed E-state index contributed by atoms with van der Waals surface area (Å²) in [5.74, 6) is 4.13. The van der Waals surface area contributed by atoms with Crippen molar-refractivity contribution in [2.45, 2.75) is 29.8 Å². The van der Waals surface area contributed by atoms with Crippen LogP contribution in [0.15, 0.2) is 54.6 Å². The molecule has 42 heavy (non-hydrogen) atoms. The molecule has 0 saturated carbocycles. The number of aliphatic hydroxyl groups is 1. The van der Waals surface area contributed by atoms with Gasteiger partial charge in [-0.3, -0.25) is 0 Å². The van der Waals surface area contributed by atoms with Crippen molar-refractivity contribution >= 4 is 51.6 Å². The maximum absolute atomic E-state index is 13.5. The predicted molar refractivity (Wildman–Crippen MR) is 167 cm³/mol. The molecule has 1 amide bonds. The predicted octanol–water partition coefficient (Wildman–Crippen LogP) is 1.18. The second-order valence-corrected chi connectivity index (χ2v) is 21.0. The van der Waals surface area contributed by atoms with Crippen LogP contribution in [0, 0.1) is 0 Å². The van der Waals surface area contributed by atoms with Crippen LogP contribution < -0.4 is 29.2 Å². The molecule has 3 aromatic rings. The first kappa shape index (κ1) is 29.8. The molecule has 0 aliphatic carbocycles. The van der Waals surface area contributed by atoms with Crippen molar-refractivity contribution in [1.29, 1.82) is 0 Å². The topological polar surface area (TPSA) is 111 Å². The summed E-state index contributed by atoms with van der Waals surface area (Å²) in [6, 6.07) is 18.7. The summed E-state index contributed by atoms with van der Waals surface area (Å²) >= 11 is -2.88. The summed E-state index contributed by atoms with van der Waals surface area (Å²) in [7, 11) is 8.14. The summed E-state index contributed by atoms with van der Waals surface area (Å²) in [6.07, 6.45) is -0.844. The van der Waals surface area contributed by atoms with Crippen LogP contribution in [-0.4, -0.2) is 83.9 Å². The zero-order chi connectivity index (χ0) is 30.4. The van der Waals surface area contributed by atoms with Crippen LogP contribution in [0.5, 0.6) is 0 Å². The number of esters is 1. The number of ether oxygens (including phenoxy) is 1. The Bertz CT molecular complexity index is 1510. The molecule has 3 aromatic carbocycles. The summed E-state index contributed by atoms with van der Waals surface area (Å²) in [5.41, 5.74) is 5.43. The summed E-state index contributed by atoms with van der Waals surface area (Å²) < 4.78 is 9.06. The van der Waals surface area contributed by atoms with Gasteiger partial charge in [0.2, 0.25) is 0 Å². The zero-order valence-electron chi connectivity index (χ0n) is 24.9. The van der Waals surface area contributed by atoms with Gasteiger partial charge in [0.25, 0.3) is 0 Å². The number of benzene rings is 3. The third kappa shape index (κ3) is 4.99. The van der Waals surface area contributed by atoms with Gasteiger partial charge in [0.1, 0.15) is 12.4 Å². The molecular formula is C32H38GeN4O5. The molecule has 2 aliphatic heterocycles. The van der Waals surface area contributed by atoms with Gasteiger partial charge in [0, 0.05) is 0 Å². The monoisotopic (exact) mass is 632 g/mol. The van der Waals surface area contributed by atoms with E-state index in [9.17, 15) is 19.5 Å². The van der Waals surface area contributed by atoms with Crippen LogP contribution in [0.25, 0.3) is 0 Å². The molecule has 10 heteroatoms. The number of nitrogens with zero attached hydrogens (tertiary/aromatic N) is 2. The van der Waals surface area contributed by atoms with E-state index in [2.05, 4.69) is 68.3 Å². The maximum atomic E-state index is 13.5. The Labute approximate surface area is 249 Å². The molecule has 3 N–H and O–H groups in total. The molecule has 0 fully saturated rings. The van der Waals surface area contributed by atoms with E-state index >= 15 is 0 Å². The molecular weight excluding hydrogens is 593 g/mol. The van der Waals surface area contributed by atoms with Crippen molar-refractivity contribution < 1.29 is 24.2 Å². The minimum absolute atomic E-state index is 0.0112. The second-order valence-electron chi connectivity index (χ2n) is 11.9. The van der Waals surface area contributed by atoms with Crippen LogP contribution in [0.1, 0.15) is 32.6 Å². The molecule has 0 bridgehead atoms. The summed E-state index contributed by atoms with van der Waals surface area (Å²) in [5, 5.41) is 15.0. The van der Waals surface area contributed by atoms with E-state index in [4.69, 9.17) is 4.74 Å². The number of aliphatic hydroxyl groups excluding tert-OH is 1. The molecule has 1 atom stereocenters. The molecule has 0 aromatic heterocycles. The SMILES string of the molecule is CN(C)c1ccc2[c](c1)[Ge]([CH3])([CH3])[c]1cc(N(C)C)ccc1C21OC(=O)c2ccc(CNCC(=O)NCC(O)C=O)cc21. The zero-order valence-corrected chi connectivity index (χ0v) is 27.0. The van der Waals surface area contributed by atoms with Crippen molar-refractivity contribution in [3.63, 3.8) is 0 Å².